The molecule has 1 aromatic heterocycles. The lowest BCUT2D eigenvalue weighted by Gasteiger charge is -2.20. The van der Waals surface area contributed by atoms with Crippen molar-refractivity contribution >= 4 is 39.4 Å². The first-order valence-corrected chi connectivity index (χ1v) is 6.95. The van der Waals surface area contributed by atoms with E-state index < -0.39 is 0 Å². The van der Waals surface area contributed by atoms with Crippen LogP contribution in [0.15, 0.2) is 22.8 Å². The number of hydrogen-bond donors (Lipinski definition) is 1. The predicted octanol–water partition coefficient (Wildman–Crippen LogP) is 3.07. The lowest BCUT2D eigenvalue weighted by Crippen LogP contribution is -2.34. The number of nitrogens with zero attached hydrogens (tertiary/aromatic N) is 1. The van der Waals surface area contributed by atoms with Gasteiger partial charge in [-0.3, -0.25) is 4.79 Å². The summed E-state index contributed by atoms with van der Waals surface area (Å²) in [5.41, 5.74) is 0. The van der Waals surface area contributed by atoms with Crippen molar-refractivity contribution in [2.75, 3.05) is 11.1 Å². The van der Waals surface area contributed by atoms with E-state index >= 15 is 0 Å². The number of hydrogen-bond acceptors (Lipinski definition) is 3. The molecule has 3 nitrogen and oxygen atoms in total. The fraction of sp³-hybridized carbons (Fsp3) is 0.455. The molecule has 0 bridgehead atoms. The van der Waals surface area contributed by atoms with E-state index in [1.54, 1.807) is 24.0 Å². The number of halogens is 1. The van der Waals surface area contributed by atoms with Crippen LogP contribution in [-0.2, 0) is 4.79 Å². The average Bonchev–Trinajstić information content (AvgIpc) is 2.70. The van der Waals surface area contributed by atoms with Crippen molar-refractivity contribution < 1.29 is 4.79 Å². The summed E-state index contributed by atoms with van der Waals surface area (Å²) in [6.45, 7) is 2.00. The van der Waals surface area contributed by atoms with Gasteiger partial charge in [0.1, 0.15) is 5.82 Å². The van der Waals surface area contributed by atoms with Crippen molar-refractivity contribution in [2.45, 2.75) is 24.5 Å². The number of rotatable bonds is 2. The van der Waals surface area contributed by atoms with E-state index in [1.165, 1.54) is 0 Å². The van der Waals surface area contributed by atoms with Gasteiger partial charge in [0.25, 0.3) is 0 Å². The minimum Gasteiger partial charge on any atom is -0.309 e. The van der Waals surface area contributed by atoms with Gasteiger partial charge >= 0.3 is 0 Å². The topological polar surface area (TPSA) is 42.0 Å². The smallest absolute Gasteiger partial charge is 0.241 e. The van der Waals surface area contributed by atoms with E-state index in [0.29, 0.717) is 5.82 Å². The molecule has 1 aliphatic rings. The summed E-state index contributed by atoms with van der Waals surface area (Å²) < 4.78 is 0.626. The van der Waals surface area contributed by atoms with Crippen LogP contribution in [0, 0.1) is 0 Å². The highest BCUT2D eigenvalue weighted by atomic mass is 79.9. The monoisotopic (exact) mass is 300 g/mol. The molecule has 2 heterocycles. The van der Waals surface area contributed by atoms with Gasteiger partial charge in [-0.05, 0) is 53.6 Å². The molecule has 86 valence electrons. The Morgan fingerprint density at radius 3 is 3.00 bits per heavy atom. The van der Waals surface area contributed by atoms with Gasteiger partial charge in [-0.2, -0.15) is 0 Å². The van der Waals surface area contributed by atoms with Crippen molar-refractivity contribution in [3.05, 3.63) is 22.8 Å². The van der Waals surface area contributed by atoms with Crippen molar-refractivity contribution in [3.8, 4) is 0 Å². The van der Waals surface area contributed by atoms with Crippen LogP contribution < -0.4 is 5.32 Å². The van der Waals surface area contributed by atoms with Crippen molar-refractivity contribution in [1.82, 2.24) is 4.98 Å². The summed E-state index contributed by atoms with van der Waals surface area (Å²) in [4.78, 5) is 16.2. The fourth-order valence-electron chi connectivity index (χ4n) is 1.66. The maximum absolute atomic E-state index is 12.0. The van der Waals surface area contributed by atoms with E-state index in [-0.39, 0.29) is 10.7 Å². The molecule has 1 aliphatic heterocycles. The zero-order valence-corrected chi connectivity index (χ0v) is 11.4. The van der Waals surface area contributed by atoms with Crippen LogP contribution in [0.4, 0.5) is 5.82 Å². The van der Waals surface area contributed by atoms with E-state index in [0.717, 1.165) is 23.1 Å². The summed E-state index contributed by atoms with van der Waals surface area (Å²) >= 11 is 5.04. The van der Waals surface area contributed by atoms with Gasteiger partial charge in [0, 0.05) is 10.7 Å². The van der Waals surface area contributed by atoms with E-state index in [2.05, 4.69) is 26.2 Å². The van der Waals surface area contributed by atoms with E-state index in [4.69, 9.17) is 0 Å². The molecule has 0 aliphatic carbocycles. The van der Waals surface area contributed by atoms with Crippen molar-refractivity contribution in [1.29, 1.82) is 0 Å². The Hall–Kier alpha value is -0.550. The molecule has 1 atom stereocenters. The highest BCUT2D eigenvalue weighted by Crippen LogP contribution is 2.38. The van der Waals surface area contributed by atoms with Crippen LogP contribution in [0.5, 0.6) is 0 Å². The third kappa shape index (κ3) is 2.58. The van der Waals surface area contributed by atoms with Gasteiger partial charge in [0.2, 0.25) is 5.91 Å². The molecule has 5 heteroatoms. The second-order valence-electron chi connectivity index (χ2n) is 4.00. The number of carbonyl (C=O) groups is 1. The first-order valence-electron chi connectivity index (χ1n) is 5.17. The standard InChI is InChI=1S/C11H13BrN2OS/c1-11(5-2-6-16-11)10(15)14-9-4-3-8(12)7-13-9/h3-4,7H,2,5-6H2,1H3,(H,13,14,15). The largest absolute Gasteiger partial charge is 0.309 e. The Morgan fingerprint density at radius 1 is 1.62 bits per heavy atom. The zero-order valence-electron chi connectivity index (χ0n) is 9.00. The van der Waals surface area contributed by atoms with Gasteiger partial charge in [0.15, 0.2) is 0 Å². The molecular weight excluding hydrogens is 288 g/mol. The Kier molecular flexibility index (Phi) is 3.54. The molecule has 1 saturated heterocycles. The van der Waals surface area contributed by atoms with Crippen molar-refractivity contribution in [2.24, 2.45) is 0 Å². The minimum absolute atomic E-state index is 0.0600. The second-order valence-corrected chi connectivity index (χ2v) is 6.51. The SMILES string of the molecule is CC1(C(=O)Nc2ccc(Br)cn2)CCCS1. The predicted molar refractivity (Wildman–Crippen MR) is 70.7 cm³/mol. The molecule has 0 radical (unpaired) electrons. The van der Waals surface area contributed by atoms with Gasteiger partial charge in [-0.1, -0.05) is 0 Å². The number of nitrogens with one attached hydrogen (secondary N) is 1. The molecular formula is C11H13BrN2OS. The van der Waals surface area contributed by atoms with Crippen LogP contribution in [0.1, 0.15) is 19.8 Å². The molecule has 1 unspecified atom stereocenters. The maximum atomic E-state index is 12.0. The molecule has 1 aromatic rings. The van der Waals surface area contributed by atoms with Gasteiger partial charge in [-0.15, -0.1) is 11.8 Å². The molecule has 1 amide bonds. The van der Waals surface area contributed by atoms with Crippen LogP contribution in [0.2, 0.25) is 0 Å². The van der Waals surface area contributed by atoms with Crippen LogP contribution in [0.25, 0.3) is 0 Å². The molecule has 16 heavy (non-hydrogen) atoms. The molecule has 1 fully saturated rings. The summed E-state index contributed by atoms with van der Waals surface area (Å²) in [6.07, 6.45) is 3.74. The Balaban J connectivity index is 2.04. The Labute approximate surface area is 108 Å². The minimum atomic E-state index is -0.283. The normalized spacial score (nSPS) is 24.4. The van der Waals surface area contributed by atoms with Gasteiger partial charge in [-0.25, -0.2) is 4.98 Å². The fourth-order valence-corrected chi connectivity index (χ4v) is 3.10. The van der Waals surface area contributed by atoms with E-state index in [1.807, 2.05) is 13.0 Å². The Morgan fingerprint density at radius 2 is 2.44 bits per heavy atom. The third-order valence-corrected chi connectivity index (χ3v) is 4.66. The lowest BCUT2D eigenvalue weighted by atomic mass is 10.1. The third-order valence-electron chi connectivity index (χ3n) is 2.67. The first-order chi connectivity index (χ1) is 7.60. The summed E-state index contributed by atoms with van der Waals surface area (Å²) in [7, 11) is 0. The summed E-state index contributed by atoms with van der Waals surface area (Å²) in [5.74, 6) is 1.74. The molecule has 1 N–H and O–H groups in total. The highest BCUT2D eigenvalue weighted by Gasteiger charge is 2.37. The summed E-state index contributed by atoms with van der Waals surface area (Å²) in [5, 5.41) is 2.86. The molecule has 0 aromatic carbocycles. The van der Waals surface area contributed by atoms with E-state index in [9.17, 15) is 4.79 Å². The zero-order chi connectivity index (χ0) is 11.6. The average molecular weight is 301 g/mol. The second kappa shape index (κ2) is 4.75. The summed E-state index contributed by atoms with van der Waals surface area (Å²) in [6, 6.07) is 3.66. The van der Waals surface area contributed by atoms with Crippen LogP contribution >= 0.6 is 27.7 Å². The van der Waals surface area contributed by atoms with Gasteiger partial charge < -0.3 is 5.32 Å². The van der Waals surface area contributed by atoms with Crippen LogP contribution in [0.3, 0.4) is 0 Å². The van der Waals surface area contributed by atoms with Gasteiger partial charge in [0.05, 0.1) is 4.75 Å². The molecule has 2 rings (SSSR count). The first kappa shape index (κ1) is 11.9. The number of carbonyl (C=O) groups excluding carboxylic acids is 1. The maximum Gasteiger partial charge on any atom is 0.241 e. The number of amides is 1. The molecule has 0 spiro atoms. The number of pyridine rings is 1. The quantitative estimate of drug-likeness (QED) is 0.913. The number of thioether (sulfide) groups is 1. The van der Waals surface area contributed by atoms with Crippen LogP contribution in [-0.4, -0.2) is 21.4 Å². The number of aromatic nitrogens is 1. The molecule has 0 saturated carbocycles. The highest BCUT2D eigenvalue weighted by molar-refractivity contribution is 9.10. The van der Waals surface area contributed by atoms with Crippen molar-refractivity contribution in [3.63, 3.8) is 0 Å². The lowest BCUT2D eigenvalue weighted by molar-refractivity contribution is -0.118. The Bertz CT molecular complexity index is 387. The number of anilines is 1.